The lowest BCUT2D eigenvalue weighted by molar-refractivity contribution is 0.311. The van der Waals surface area contributed by atoms with Gasteiger partial charge in [-0.25, -0.2) is 15.0 Å². The Morgan fingerprint density at radius 1 is 0.935 bits per heavy atom. The van der Waals surface area contributed by atoms with Crippen molar-refractivity contribution in [3.63, 3.8) is 0 Å². The molecule has 31 heavy (non-hydrogen) atoms. The fourth-order valence-electron chi connectivity index (χ4n) is 3.55. The molecule has 4 aromatic rings. The first-order valence-corrected chi connectivity index (χ1v) is 10.8. The second-order valence-electron chi connectivity index (χ2n) is 7.78. The van der Waals surface area contributed by atoms with Crippen molar-refractivity contribution < 1.29 is 0 Å². The Kier molecular flexibility index (Phi) is 5.89. The van der Waals surface area contributed by atoms with E-state index in [1.54, 1.807) is 0 Å². The molecule has 1 atom stereocenters. The molecule has 0 amide bonds. The average molecular weight is 477 g/mol. The van der Waals surface area contributed by atoms with E-state index in [2.05, 4.69) is 106 Å². The molecule has 158 valence electrons. The number of fused-ring (bicyclic) bond motifs is 1. The quantitative estimate of drug-likeness (QED) is 0.406. The fourth-order valence-corrected chi connectivity index (χ4v) is 3.95. The Bertz CT molecular complexity index is 1220. The van der Waals surface area contributed by atoms with Gasteiger partial charge in [-0.3, -0.25) is 4.90 Å². The van der Waals surface area contributed by atoms with Crippen molar-refractivity contribution in [2.75, 3.05) is 31.8 Å². The molecule has 7 heteroatoms. The number of rotatable bonds is 5. The molecule has 1 unspecified atom stereocenters. The van der Waals surface area contributed by atoms with E-state index in [4.69, 9.17) is 10.7 Å². The highest BCUT2D eigenvalue weighted by molar-refractivity contribution is 9.10. The van der Waals surface area contributed by atoms with Gasteiger partial charge in [-0.1, -0.05) is 40.2 Å². The average Bonchev–Trinajstić information content (AvgIpc) is 2.77. The molecule has 4 rings (SSSR count). The molecule has 0 saturated heterocycles. The summed E-state index contributed by atoms with van der Waals surface area (Å²) in [5.41, 5.74) is 11.8. The van der Waals surface area contributed by atoms with Crippen molar-refractivity contribution in [1.29, 1.82) is 0 Å². The van der Waals surface area contributed by atoms with E-state index in [1.807, 2.05) is 12.1 Å². The number of benzene rings is 2. The molecular formula is C24H25BrN6. The number of nitrogen functional groups attached to an aromatic ring is 1. The first-order chi connectivity index (χ1) is 14.8. The summed E-state index contributed by atoms with van der Waals surface area (Å²) >= 11 is 3.56. The summed E-state index contributed by atoms with van der Waals surface area (Å²) in [5.74, 6) is 0.425. The van der Waals surface area contributed by atoms with E-state index in [0.29, 0.717) is 11.5 Å². The van der Waals surface area contributed by atoms with Crippen LogP contribution < -0.4 is 10.6 Å². The molecule has 0 aliphatic rings. The van der Waals surface area contributed by atoms with E-state index >= 15 is 0 Å². The van der Waals surface area contributed by atoms with E-state index in [1.165, 1.54) is 6.33 Å². The van der Waals surface area contributed by atoms with Crippen LogP contribution in [0.25, 0.3) is 33.4 Å². The predicted molar refractivity (Wildman–Crippen MR) is 132 cm³/mol. The molecule has 0 aliphatic carbocycles. The number of aromatic nitrogens is 3. The topological polar surface area (TPSA) is 71.2 Å². The minimum absolute atomic E-state index is 0.285. The summed E-state index contributed by atoms with van der Waals surface area (Å²) in [7, 11) is 6.25. The van der Waals surface area contributed by atoms with Crippen LogP contribution in [0.15, 0.2) is 65.4 Å². The Morgan fingerprint density at radius 3 is 2.35 bits per heavy atom. The number of pyridine rings is 1. The van der Waals surface area contributed by atoms with Gasteiger partial charge in [-0.15, -0.1) is 0 Å². The summed E-state index contributed by atoms with van der Waals surface area (Å²) < 4.78 is 0.995. The highest BCUT2D eigenvalue weighted by Gasteiger charge is 2.15. The SMILES string of the molecule is CC(N(C)C)N(C)c1ccc(-c2cc(-c3cccc(Br)c3)c3c(N)ncnc3n2)cc1. The first kappa shape index (κ1) is 21.2. The largest absolute Gasteiger partial charge is 0.383 e. The zero-order chi connectivity index (χ0) is 22.1. The normalized spacial score (nSPS) is 12.3. The van der Waals surface area contributed by atoms with Crippen LogP contribution in [0.1, 0.15) is 6.92 Å². The minimum atomic E-state index is 0.285. The van der Waals surface area contributed by atoms with Gasteiger partial charge >= 0.3 is 0 Å². The van der Waals surface area contributed by atoms with E-state index < -0.39 is 0 Å². The highest BCUT2D eigenvalue weighted by atomic mass is 79.9. The Morgan fingerprint density at radius 2 is 1.68 bits per heavy atom. The fraction of sp³-hybridized carbons (Fsp3) is 0.208. The van der Waals surface area contributed by atoms with Crippen molar-refractivity contribution in [2.24, 2.45) is 0 Å². The highest BCUT2D eigenvalue weighted by Crippen LogP contribution is 2.35. The molecule has 2 N–H and O–H groups in total. The zero-order valence-corrected chi connectivity index (χ0v) is 19.6. The molecule has 0 bridgehead atoms. The lowest BCUT2D eigenvalue weighted by Crippen LogP contribution is -2.40. The number of hydrogen-bond acceptors (Lipinski definition) is 6. The van der Waals surface area contributed by atoms with Gasteiger partial charge in [0.15, 0.2) is 5.65 Å². The molecule has 0 aliphatic heterocycles. The van der Waals surface area contributed by atoms with Crippen LogP contribution in [0, 0.1) is 0 Å². The summed E-state index contributed by atoms with van der Waals surface area (Å²) in [4.78, 5) is 17.8. The molecule has 0 saturated carbocycles. The van der Waals surface area contributed by atoms with Crippen LogP contribution in [-0.4, -0.2) is 47.2 Å². The molecule has 2 heterocycles. The number of hydrogen-bond donors (Lipinski definition) is 1. The van der Waals surface area contributed by atoms with Crippen LogP contribution >= 0.6 is 15.9 Å². The van der Waals surface area contributed by atoms with Crippen LogP contribution in [0.4, 0.5) is 11.5 Å². The molecule has 2 aromatic carbocycles. The Labute approximate surface area is 190 Å². The second-order valence-corrected chi connectivity index (χ2v) is 8.69. The van der Waals surface area contributed by atoms with Gasteiger partial charge in [-0.2, -0.15) is 0 Å². The van der Waals surface area contributed by atoms with Crippen LogP contribution in [-0.2, 0) is 0 Å². The molecular weight excluding hydrogens is 452 g/mol. The minimum Gasteiger partial charge on any atom is -0.383 e. The van der Waals surface area contributed by atoms with Crippen LogP contribution in [0.3, 0.4) is 0 Å². The zero-order valence-electron chi connectivity index (χ0n) is 18.0. The maximum Gasteiger partial charge on any atom is 0.165 e. The van der Waals surface area contributed by atoms with Gasteiger partial charge < -0.3 is 10.6 Å². The van der Waals surface area contributed by atoms with E-state index in [-0.39, 0.29) is 6.17 Å². The number of nitrogens with zero attached hydrogens (tertiary/aromatic N) is 5. The first-order valence-electron chi connectivity index (χ1n) is 10.0. The summed E-state index contributed by atoms with van der Waals surface area (Å²) in [6.07, 6.45) is 1.74. The number of nitrogens with two attached hydrogens (primary N) is 1. The Balaban J connectivity index is 1.82. The van der Waals surface area contributed by atoms with E-state index in [9.17, 15) is 0 Å². The monoisotopic (exact) mass is 476 g/mol. The van der Waals surface area contributed by atoms with Crippen molar-refractivity contribution in [3.05, 3.63) is 65.4 Å². The summed E-state index contributed by atoms with van der Waals surface area (Å²) in [6.45, 7) is 2.17. The van der Waals surface area contributed by atoms with Crippen molar-refractivity contribution in [2.45, 2.75) is 13.1 Å². The lowest BCUT2D eigenvalue weighted by atomic mass is 9.99. The number of halogens is 1. The maximum atomic E-state index is 6.21. The van der Waals surface area contributed by atoms with Gasteiger partial charge in [0.25, 0.3) is 0 Å². The molecule has 0 spiro atoms. The Hall–Kier alpha value is -3.03. The van der Waals surface area contributed by atoms with Crippen molar-refractivity contribution in [3.8, 4) is 22.4 Å². The smallest absolute Gasteiger partial charge is 0.165 e. The second kappa shape index (κ2) is 8.61. The van der Waals surface area contributed by atoms with Crippen LogP contribution in [0.2, 0.25) is 0 Å². The summed E-state index contributed by atoms with van der Waals surface area (Å²) in [6, 6.07) is 18.6. The van der Waals surface area contributed by atoms with Gasteiger partial charge in [0.05, 0.1) is 17.2 Å². The molecule has 6 nitrogen and oxygen atoms in total. The van der Waals surface area contributed by atoms with Gasteiger partial charge in [0.1, 0.15) is 12.1 Å². The third-order valence-electron chi connectivity index (χ3n) is 5.65. The third kappa shape index (κ3) is 4.24. The van der Waals surface area contributed by atoms with Gasteiger partial charge in [-0.05, 0) is 62.5 Å². The lowest BCUT2D eigenvalue weighted by Gasteiger charge is -2.32. The predicted octanol–water partition coefficient (Wildman–Crippen LogP) is 5.05. The van der Waals surface area contributed by atoms with Crippen molar-refractivity contribution >= 4 is 38.5 Å². The number of anilines is 2. The third-order valence-corrected chi connectivity index (χ3v) is 6.14. The van der Waals surface area contributed by atoms with Crippen molar-refractivity contribution in [1.82, 2.24) is 19.9 Å². The molecule has 0 fully saturated rings. The maximum absolute atomic E-state index is 6.21. The van der Waals surface area contributed by atoms with Gasteiger partial charge in [0, 0.05) is 22.8 Å². The standard InChI is InChI=1S/C24H25BrN6/c1-15(30(2)3)31(4)19-10-8-16(9-11-19)21-13-20(17-6-5-7-18(25)12-17)22-23(26)27-14-28-24(22)29-21/h5-15H,1-4H3,(H2,26,27,28,29). The van der Waals surface area contributed by atoms with Crippen LogP contribution in [0.5, 0.6) is 0 Å². The summed E-state index contributed by atoms with van der Waals surface area (Å²) in [5, 5.41) is 0.764. The molecule has 0 radical (unpaired) electrons. The van der Waals surface area contributed by atoms with Gasteiger partial charge in [0.2, 0.25) is 0 Å². The van der Waals surface area contributed by atoms with E-state index in [0.717, 1.165) is 37.9 Å². The molecule has 2 aromatic heterocycles.